The summed E-state index contributed by atoms with van der Waals surface area (Å²) in [6.45, 7) is 14.1. The van der Waals surface area contributed by atoms with Gasteiger partial charge in [0.2, 0.25) is 0 Å². The highest BCUT2D eigenvalue weighted by Gasteiger charge is 2.29. The average Bonchev–Trinajstić information content (AvgIpc) is 3.81. The second-order valence-electron chi connectivity index (χ2n) is 16.5. The maximum Gasteiger partial charge on any atom is 0.0541 e. The Kier molecular flexibility index (Phi) is 9.84. The van der Waals surface area contributed by atoms with E-state index in [1.165, 1.54) is 88.4 Å². The van der Waals surface area contributed by atoms with Gasteiger partial charge in [-0.05, 0) is 149 Å². The van der Waals surface area contributed by atoms with Gasteiger partial charge in [0, 0.05) is 32.9 Å². The number of para-hydroxylation sites is 2. The first-order chi connectivity index (χ1) is 28.4. The molecule has 0 saturated carbocycles. The highest BCUT2D eigenvalue weighted by atomic mass is 15.0. The first-order valence-corrected chi connectivity index (χ1v) is 21.8. The van der Waals surface area contributed by atoms with Gasteiger partial charge in [0.1, 0.15) is 0 Å². The van der Waals surface area contributed by atoms with Crippen LogP contribution in [0.2, 0.25) is 0 Å². The van der Waals surface area contributed by atoms with E-state index >= 15 is 0 Å². The lowest BCUT2D eigenvalue weighted by atomic mass is 9.73. The average molecular weight is 757 g/mol. The van der Waals surface area contributed by atoms with Gasteiger partial charge in [0.05, 0.1) is 22.1 Å². The molecule has 2 nitrogen and oxygen atoms in total. The Labute approximate surface area is 344 Å². The van der Waals surface area contributed by atoms with E-state index in [-0.39, 0.29) is 10.8 Å². The summed E-state index contributed by atoms with van der Waals surface area (Å²) in [7, 11) is 0. The van der Waals surface area contributed by atoms with Crippen molar-refractivity contribution >= 4 is 43.6 Å². The molecule has 58 heavy (non-hydrogen) atoms. The monoisotopic (exact) mass is 756 g/mol. The predicted octanol–water partition coefficient (Wildman–Crippen LogP) is 16.2. The molecule has 0 amide bonds. The molecule has 7 aromatic carbocycles. The molecular weight excluding hydrogens is 701 g/mol. The fourth-order valence-electron chi connectivity index (χ4n) is 10.4. The van der Waals surface area contributed by atoms with E-state index in [9.17, 15) is 0 Å². The topological polar surface area (TPSA) is 9.86 Å². The van der Waals surface area contributed by atoms with Gasteiger partial charge in [-0.15, -0.1) is 0 Å². The van der Waals surface area contributed by atoms with Crippen LogP contribution in [0.3, 0.4) is 0 Å². The first-order valence-electron chi connectivity index (χ1n) is 21.8. The Morgan fingerprint density at radius 2 is 0.724 bits per heavy atom. The van der Waals surface area contributed by atoms with Gasteiger partial charge < -0.3 is 9.13 Å². The van der Waals surface area contributed by atoms with Crippen LogP contribution >= 0.6 is 0 Å². The molecule has 290 valence electrons. The summed E-state index contributed by atoms with van der Waals surface area (Å²) in [6.07, 6.45) is 6.84. The molecule has 0 aliphatic heterocycles. The van der Waals surface area contributed by atoms with E-state index in [0.717, 1.165) is 38.5 Å². The molecule has 9 aromatic rings. The lowest BCUT2D eigenvalue weighted by molar-refractivity contribution is 0.382. The summed E-state index contributed by atoms with van der Waals surface area (Å²) in [5.74, 6) is 0. The van der Waals surface area contributed by atoms with Crippen molar-refractivity contribution in [2.24, 2.45) is 0 Å². The molecule has 0 saturated heterocycles. The van der Waals surface area contributed by atoms with Crippen LogP contribution in [0.5, 0.6) is 0 Å². The highest BCUT2D eigenvalue weighted by molar-refractivity contribution is 6.11. The van der Waals surface area contributed by atoms with E-state index < -0.39 is 0 Å². The van der Waals surface area contributed by atoms with Crippen LogP contribution in [0, 0.1) is 0 Å². The van der Waals surface area contributed by atoms with Crippen LogP contribution in [0.4, 0.5) is 0 Å². The molecule has 9 rings (SSSR count). The van der Waals surface area contributed by atoms with Gasteiger partial charge >= 0.3 is 0 Å². The minimum absolute atomic E-state index is 0.187. The van der Waals surface area contributed by atoms with Gasteiger partial charge in [0.25, 0.3) is 0 Å². The van der Waals surface area contributed by atoms with Crippen LogP contribution in [0.15, 0.2) is 158 Å². The molecule has 0 N–H and O–H groups in total. The van der Waals surface area contributed by atoms with Crippen LogP contribution in [-0.2, 0) is 10.8 Å². The summed E-state index contributed by atoms with van der Waals surface area (Å²) in [6, 6.07) is 59.6. The Balaban J connectivity index is 1.25. The van der Waals surface area contributed by atoms with Crippen molar-refractivity contribution in [2.75, 3.05) is 0 Å². The summed E-state index contributed by atoms with van der Waals surface area (Å²) >= 11 is 0. The Morgan fingerprint density at radius 1 is 0.310 bits per heavy atom. The highest BCUT2D eigenvalue weighted by Crippen LogP contribution is 2.43. The molecule has 2 heteroatoms. The number of nitrogens with zero attached hydrogens (tertiary/aromatic N) is 2. The van der Waals surface area contributed by atoms with E-state index in [2.05, 4.69) is 208 Å². The van der Waals surface area contributed by atoms with Crippen molar-refractivity contribution in [3.8, 4) is 33.6 Å². The number of hydrogen-bond donors (Lipinski definition) is 0. The Bertz CT molecular complexity index is 2900. The van der Waals surface area contributed by atoms with Gasteiger partial charge in [-0.3, -0.25) is 0 Å². The predicted molar refractivity (Wildman–Crippen MR) is 251 cm³/mol. The largest absolute Gasteiger partial charge is 0.309 e. The SMILES string of the molecule is CCC(CC)(CC)c1ccc2c(c1)c1ccccc1n2-c1cccc(-c2cc(-c3ccccc3)cc(-n3c4ccccc4c4cc(C(CC)(CC)CC)ccc43)c2)c1. The van der Waals surface area contributed by atoms with E-state index in [1.54, 1.807) is 0 Å². The smallest absolute Gasteiger partial charge is 0.0541 e. The molecule has 2 heterocycles. The third-order valence-corrected chi connectivity index (χ3v) is 14.4. The van der Waals surface area contributed by atoms with Gasteiger partial charge in [-0.2, -0.15) is 0 Å². The number of rotatable bonds is 12. The molecule has 0 bridgehead atoms. The molecule has 0 radical (unpaired) electrons. The molecular formula is C56H56N2. The fourth-order valence-corrected chi connectivity index (χ4v) is 10.4. The van der Waals surface area contributed by atoms with Crippen molar-refractivity contribution in [3.05, 3.63) is 169 Å². The summed E-state index contributed by atoms with van der Waals surface area (Å²) < 4.78 is 4.96. The quantitative estimate of drug-likeness (QED) is 0.117. The Hall–Kier alpha value is -5.86. The molecule has 0 atom stereocenters. The van der Waals surface area contributed by atoms with Crippen molar-refractivity contribution in [3.63, 3.8) is 0 Å². The first kappa shape index (κ1) is 37.7. The van der Waals surface area contributed by atoms with E-state index in [1.807, 2.05) is 0 Å². The molecule has 0 aliphatic rings. The number of aromatic nitrogens is 2. The third kappa shape index (κ3) is 5.99. The molecule has 0 unspecified atom stereocenters. The molecule has 0 spiro atoms. The van der Waals surface area contributed by atoms with Crippen LogP contribution in [0.1, 0.15) is 91.2 Å². The number of fused-ring (bicyclic) bond motifs is 6. The summed E-state index contributed by atoms with van der Waals surface area (Å²) in [5, 5.41) is 5.26. The minimum atomic E-state index is 0.187. The number of benzene rings is 7. The summed E-state index contributed by atoms with van der Waals surface area (Å²) in [4.78, 5) is 0. The Morgan fingerprint density at radius 3 is 1.24 bits per heavy atom. The van der Waals surface area contributed by atoms with Gasteiger partial charge in [-0.1, -0.05) is 133 Å². The second-order valence-corrected chi connectivity index (χ2v) is 16.5. The zero-order valence-electron chi connectivity index (χ0n) is 35.1. The van der Waals surface area contributed by atoms with Crippen molar-refractivity contribution in [1.82, 2.24) is 9.13 Å². The zero-order valence-corrected chi connectivity index (χ0v) is 35.1. The van der Waals surface area contributed by atoms with Crippen LogP contribution in [0.25, 0.3) is 77.2 Å². The van der Waals surface area contributed by atoms with Crippen molar-refractivity contribution in [2.45, 2.75) is 90.9 Å². The second kappa shape index (κ2) is 15.1. The fraction of sp³-hybridized carbons (Fsp3) is 0.250. The lowest BCUT2D eigenvalue weighted by Gasteiger charge is -2.31. The van der Waals surface area contributed by atoms with Crippen molar-refractivity contribution in [1.29, 1.82) is 0 Å². The zero-order chi connectivity index (χ0) is 40.0. The standard InChI is InChI=1S/C56H56N2/c1-7-55(8-2,9-3)43-29-31-53-49(37-43)47-25-16-18-27-51(47)57(53)45-24-20-23-40(34-45)42-33-41(39-21-14-13-15-22-39)35-46(36-42)58-52-28-19-17-26-48(52)50-38-44(30-32-54(50)58)56(10-4,11-5)12-6/h13-38H,7-12H2,1-6H3. The van der Waals surface area contributed by atoms with E-state index in [0.29, 0.717) is 0 Å². The van der Waals surface area contributed by atoms with Crippen LogP contribution in [-0.4, -0.2) is 9.13 Å². The maximum atomic E-state index is 2.50. The summed E-state index contributed by atoms with van der Waals surface area (Å²) in [5.41, 5.74) is 15.4. The van der Waals surface area contributed by atoms with Crippen molar-refractivity contribution < 1.29 is 0 Å². The lowest BCUT2D eigenvalue weighted by Crippen LogP contribution is -2.23. The molecule has 0 aliphatic carbocycles. The normalized spacial score (nSPS) is 12.4. The number of hydrogen-bond acceptors (Lipinski definition) is 0. The van der Waals surface area contributed by atoms with Gasteiger partial charge in [-0.25, -0.2) is 0 Å². The van der Waals surface area contributed by atoms with Crippen LogP contribution < -0.4 is 0 Å². The minimum Gasteiger partial charge on any atom is -0.309 e. The molecule has 2 aromatic heterocycles. The maximum absolute atomic E-state index is 2.50. The van der Waals surface area contributed by atoms with E-state index in [4.69, 9.17) is 0 Å². The molecule has 0 fully saturated rings. The van der Waals surface area contributed by atoms with Gasteiger partial charge in [0.15, 0.2) is 0 Å². The third-order valence-electron chi connectivity index (χ3n) is 14.4.